The van der Waals surface area contributed by atoms with E-state index >= 15 is 0 Å². The van der Waals surface area contributed by atoms with Crippen molar-refractivity contribution >= 4 is 5.97 Å². The summed E-state index contributed by atoms with van der Waals surface area (Å²) < 4.78 is 0. The summed E-state index contributed by atoms with van der Waals surface area (Å²) >= 11 is 0. The van der Waals surface area contributed by atoms with E-state index < -0.39 is 5.97 Å². The van der Waals surface area contributed by atoms with Crippen LogP contribution in [0.15, 0.2) is 24.3 Å². The normalized spacial score (nSPS) is 12.4. The van der Waals surface area contributed by atoms with Crippen LogP contribution in [0.4, 0.5) is 0 Å². The van der Waals surface area contributed by atoms with Gasteiger partial charge in [-0.1, -0.05) is 29.8 Å². The van der Waals surface area contributed by atoms with Gasteiger partial charge < -0.3 is 10.4 Å². The van der Waals surface area contributed by atoms with Crippen molar-refractivity contribution in [3.63, 3.8) is 0 Å². The number of nitrogens with one attached hydrogen (secondary N) is 1. The Kier molecular flexibility index (Phi) is 4.99. The fourth-order valence-electron chi connectivity index (χ4n) is 1.62. The van der Waals surface area contributed by atoms with Crippen LogP contribution in [0.1, 0.15) is 36.9 Å². The van der Waals surface area contributed by atoms with Gasteiger partial charge in [-0.2, -0.15) is 0 Å². The second kappa shape index (κ2) is 6.28. The second-order valence-electron chi connectivity index (χ2n) is 4.09. The summed E-state index contributed by atoms with van der Waals surface area (Å²) in [6, 6.07) is 8.62. The minimum Gasteiger partial charge on any atom is -0.481 e. The number of hydrogen-bond donors (Lipinski definition) is 2. The van der Waals surface area contributed by atoms with Gasteiger partial charge in [0, 0.05) is 12.5 Å². The molecule has 0 aromatic heterocycles. The Morgan fingerprint density at radius 2 is 2.25 bits per heavy atom. The molecule has 3 nitrogen and oxygen atoms in total. The zero-order chi connectivity index (χ0) is 12.0. The molecule has 0 aliphatic rings. The van der Waals surface area contributed by atoms with Crippen molar-refractivity contribution in [2.24, 2.45) is 0 Å². The van der Waals surface area contributed by atoms with Crippen molar-refractivity contribution in [3.05, 3.63) is 35.4 Å². The molecular weight excluding hydrogens is 202 g/mol. The van der Waals surface area contributed by atoms with Gasteiger partial charge in [0.1, 0.15) is 0 Å². The molecule has 0 spiro atoms. The van der Waals surface area contributed by atoms with Crippen LogP contribution < -0.4 is 5.32 Å². The first-order valence-corrected chi connectivity index (χ1v) is 5.61. The van der Waals surface area contributed by atoms with Gasteiger partial charge in [0.2, 0.25) is 0 Å². The lowest BCUT2D eigenvalue weighted by Crippen LogP contribution is -2.20. The van der Waals surface area contributed by atoms with Gasteiger partial charge in [0.25, 0.3) is 0 Å². The van der Waals surface area contributed by atoms with Gasteiger partial charge in [-0.05, 0) is 32.4 Å². The molecule has 0 bridgehead atoms. The third-order valence-electron chi connectivity index (χ3n) is 2.56. The third kappa shape index (κ3) is 4.45. The van der Waals surface area contributed by atoms with Crippen LogP contribution in [-0.2, 0) is 4.79 Å². The molecular formula is C13H19NO2. The highest BCUT2D eigenvalue weighted by molar-refractivity contribution is 5.66. The standard InChI is InChI=1S/C13H19NO2/c1-10-5-3-6-12(9-10)11(2)14-8-4-7-13(15)16/h3,5-6,9,11,14H,4,7-8H2,1-2H3,(H,15,16)/t11-/m0/s1. The maximum absolute atomic E-state index is 10.3. The molecule has 0 fully saturated rings. The van der Waals surface area contributed by atoms with E-state index in [1.807, 2.05) is 6.07 Å². The maximum Gasteiger partial charge on any atom is 0.303 e. The first-order valence-electron chi connectivity index (χ1n) is 5.61. The monoisotopic (exact) mass is 221 g/mol. The molecule has 1 rings (SSSR count). The van der Waals surface area contributed by atoms with Crippen molar-refractivity contribution in [2.45, 2.75) is 32.7 Å². The van der Waals surface area contributed by atoms with Crippen LogP contribution in [0.25, 0.3) is 0 Å². The fraction of sp³-hybridized carbons (Fsp3) is 0.462. The van der Waals surface area contributed by atoms with Crippen LogP contribution in [0.5, 0.6) is 0 Å². The predicted molar refractivity (Wildman–Crippen MR) is 64.5 cm³/mol. The highest BCUT2D eigenvalue weighted by Gasteiger charge is 2.04. The van der Waals surface area contributed by atoms with Crippen LogP contribution in [0.2, 0.25) is 0 Å². The molecule has 88 valence electrons. The number of carboxylic acid groups (broad SMARTS) is 1. The third-order valence-corrected chi connectivity index (χ3v) is 2.56. The van der Waals surface area contributed by atoms with Crippen molar-refractivity contribution in [1.82, 2.24) is 5.32 Å². The summed E-state index contributed by atoms with van der Waals surface area (Å²) in [5.74, 6) is -0.731. The zero-order valence-electron chi connectivity index (χ0n) is 9.86. The van der Waals surface area contributed by atoms with Gasteiger partial charge in [-0.25, -0.2) is 0 Å². The summed E-state index contributed by atoms with van der Waals surface area (Å²) in [5, 5.41) is 11.8. The van der Waals surface area contributed by atoms with Crippen LogP contribution in [0.3, 0.4) is 0 Å². The summed E-state index contributed by atoms with van der Waals surface area (Å²) in [6.45, 7) is 4.90. The molecule has 1 aromatic carbocycles. The Morgan fingerprint density at radius 1 is 1.50 bits per heavy atom. The molecule has 0 aliphatic heterocycles. The fourth-order valence-corrected chi connectivity index (χ4v) is 1.62. The summed E-state index contributed by atoms with van der Waals surface area (Å²) in [5.41, 5.74) is 2.49. The van der Waals surface area contributed by atoms with E-state index in [1.54, 1.807) is 0 Å². The molecule has 0 saturated carbocycles. The largest absolute Gasteiger partial charge is 0.481 e. The van der Waals surface area contributed by atoms with Crippen LogP contribution >= 0.6 is 0 Å². The molecule has 0 unspecified atom stereocenters. The van der Waals surface area contributed by atoms with Crippen molar-refractivity contribution in [3.8, 4) is 0 Å². The topological polar surface area (TPSA) is 49.3 Å². The molecule has 16 heavy (non-hydrogen) atoms. The van der Waals surface area contributed by atoms with Gasteiger partial charge >= 0.3 is 5.97 Å². The summed E-state index contributed by atoms with van der Waals surface area (Å²) in [4.78, 5) is 10.3. The zero-order valence-corrected chi connectivity index (χ0v) is 9.86. The second-order valence-corrected chi connectivity index (χ2v) is 4.09. The number of carbonyl (C=O) groups is 1. The Labute approximate surface area is 96.5 Å². The molecule has 0 amide bonds. The Bertz CT molecular complexity index is 350. The van der Waals surface area contributed by atoms with E-state index in [9.17, 15) is 4.79 Å². The van der Waals surface area contributed by atoms with Gasteiger partial charge in [0.15, 0.2) is 0 Å². The maximum atomic E-state index is 10.3. The number of aryl methyl sites for hydroxylation is 1. The minimum absolute atomic E-state index is 0.230. The molecule has 1 atom stereocenters. The van der Waals surface area contributed by atoms with E-state index in [1.165, 1.54) is 11.1 Å². The van der Waals surface area contributed by atoms with Crippen LogP contribution in [-0.4, -0.2) is 17.6 Å². The average Bonchev–Trinajstić information content (AvgIpc) is 2.24. The number of carboxylic acids is 1. The number of hydrogen-bond acceptors (Lipinski definition) is 2. The van der Waals surface area contributed by atoms with Crippen molar-refractivity contribution in [1.29, 1.82) is 0 Å². The van der Waals surface area contributed by atoms with Gasteiger partial charge in [-0.15, -0.1) is 0 Å². The van der Waals surface area contributed by atoms with E-state index in [2.05, 4.69) is 37.4 Å². The molecule has 0 radical (unpaired) electrons. The highest BCUT2D eigenvalue weighted by atomic mass is 16.4. The molecule has 0 aliphatic carbocycles. The average molecular weight is 221 g/mol. The molecule has 1 aromatic rings. The van der Waals surface area contributed by atoms with Gasteiger partial charge in [0.05, 0.1) is 0 Å². The smallest absolute Gasteiger partial charge is 0.303 e. The van der Waals surface area contributed by atoms with E-state index in [0.29, 0.717) is 6.42 Å². The predicted octanol–water partition coefficient (Wildman–Crippen LogP) is 2.51. The minimum atomic E-state index is -0.731. The SMILES string of the molecule is Cc1cccc([C@H](C)NCCCC(=O)O)c1. The first kappa shape index (κ1) is 12.7. The van der Waals surface area contributed by atoms with E-state index in [4.69, 9.17) is 5.11 Å². The number of aliphatic carboxylic acids is 1. The summed E-state index contributed by atoms with van der Waals surface area (Å²) in [6.07, 6.45) is 0.902. The highest BCUT2D eigenvalue weighted by Crippen LogP contribution is 2.13. The van der Waals surface area contributed by atoms with Crippen molar-refractivity contribution in [2.75, 3.05) is 6.54 Å². The van der Waals surface area contributed by atoms with Crippen LogP contribution in [0, 0.1) is 6.92 Å². The Morgan fingerprint density at radius 3 is 2.88 bits per heavy atom. The molecule has 0 saturated heterocycles. The van der Waals surface area contributed by atoms with Gasteiger partial charge in [-0.3, -0.25) is 4.79 Å². The van der Waals surface area contributed by atoms with E-state index in [-0.39, 0.29) is 12.5 Å². The lowest BCUT2D eigenvalue weighted by atomic mass is 10.1. The molecule has 0 heterocycles. The molecule has 2 N–H and O–H groups in total. The number of rotatable bonds is 6. The van der Waals surface area contributed by atoms with E-state index in [0.717, 1.165) is 6.54 Å². The van der Waals surface area contributed by atoms with Crippen molar-refractivity contribution < 1.29 is 9.90 Å². The summed E-state index contributed by atoms with van der Waals surface area (Å²) in [7, 11) is 0. The quantitative estimate of drug-likeness (QED) is 0.726. The number of benzene rings is 1. The first-order chi connectivity index (χ1) is 7.59. The lowest BCUT2D eigenvalue weighted by Gasteiger charge is -2.14. The molecule has 3 heteroatoms. The Balaban J connectivity index is 2.35. The lowest BCUT2D eigenvalue weighted by molar-refractivity contribution is -0.137. The Hall–Kier alpha value is -1.35.